The number of methoxy groups -OCH3 is 1. The zero-order valence-electron chi connectivity index (χ0n) is 12.2. The maximum Gasteiger partial charge on any atom is 0.306 e. The number of ether oxygens (including phenoxy) is 1. The van der Waals surface area contributed by atoms with Crippen molar-refractivity contribution in [2.24, 2.45) is 17.8 Å². The molecule has 1 aliphatic rings. The van der Waals surface area contributed by atoms with Crippen molar-refractivity contribution in [3.8, 4) is 0 Å². The Morgan fingerprint density at radius 1 is 1.39 bits per heavy atom. The molecule has 0 aromatic heterocycles. The fourth-order valence-electron chi connectivity index (χ4n) is 3.01. The molecule has 0 aliphatic heterocycles. The van der Waals surface area contributed by atoms with Gasteiger partial charge in [0.05, 0.1) is 11.5 Å². The van der Waals surface area contributed by atoms with Gasteiger partial charge in [0.1, 0.15) is 0 Å². The summed E-state index contributed by atoms with van der Waals surface area (Å²) in [4.78, 5) is 11.3. The lowest BCUT2D eigenvalue weighted by Crippen LogP contribution is -2.32. The van der Waals surface area contributed by atoms with E-state index in [-0.39, 0.29) is 11.5 Å². The molecule has 18 heavy (non-hydrogen) atoms. The fraction of sp³-hybridized carbons (Fsp3) is 0.933. The molecule has 0 aromatic rings. The predicted octanol–water partition coefficient (Wildman–Crippen LogP) is 3.72. The molecular weight excluding hydrogens is 228 g/mol. The molecule has 1 aliphatic carbocycles. The van der Waals surface area contributed by atoms with Crippen molar-refractivity contribution in [1.29, 1.82) is 0 Å². The van der Waals surface area contributed by atoms with Crippen molar-refractivity contribution in [2.75, 3.05) is 7.11 Å². The van der Waals surface area contributed by atoms with Crippen LogP contribution in [0, 0.1) is 17.8 Å². The third kappa shape index (κ3) is 4.27. The van der Waals surface area contributed by atoms with E-state index >= 15 is 0 Å². The predicted molar refractivity (Wildman–Crippen MR) is 72.6 cm³/mol. The molecule has 0 aromatic carbocycles. The first-order valence-corrected chi connectivity index (χ1v) is 7.17. The molecule has 1 rings (SSSR count). The second-order valence-corrected chi connectivity index (χ2v) is 6.29. The molecular formula is C15H28O3. The van der Waals surface area contributed by atoms with Crippen LogP contribution in [0.25, 0.3) is 0 Å². The summed E-state index contributed by atoms with van der Waals surface area (Å²) in [7, 11) is 1.73. The topological polar surface area (TPSA) is 46.5 Å². The second kappa shape index (κ2) is 6.55. The highest BCUT2D eigenvalue weighted by Crippen LogP contribution is 2.39. The Labute approximate surface area is 111 Å². The lowest BCUT2D eigenvalue weighted by atomic mass is 9.71. The number of carboxylic acid groups (broad SMARTS) is 1. The van der Waals surface area contributed by atoms with Gasteiger partial charge in [0.2, 0.25) is 0 Å². The molecule has 1 fully saturated rings. The Morgan fingerprint density at radius 2 is 2.06 bits per heavy atom. The molecule has 1 N–H and O–H groups in total. The standard InChI is InChI=1S/C15H28O3/c1-5-11-6-7-13(14(16)17)12(10-11)8-9-15(2,3)18-4/h11-13H,5-10H2,1-4H3,(H,16,17). The van der Waals surface area contributed by atoms with E-state index in [9.17, 15) is 9.90 Å². The Balaban J connectivity index is 2.58. The number of hydrogen-bond acceptors (Lipinski definition) is 2. The fourth-order valence-corrected chi connectivity index (χ4v) is 3.01. The summed E-state index contributed by atoms with van der Waals surface area (Å²) in [6.45, 7) is 6.35. The molecule has 0 saturated heterocycles. The Morgan fingerprint density at radius 3 is 2.56 bits per heavy atom. The van der Waals surface area contributed by atoms with E-state index < -0.39 is 5.97 Å². The lowest BCUT2D eigenvalue weighted by Gasteiger charge is -2.35. The average Bonchev–Trinajstić information content (AvgIpc) is 2.36. The highest BCUT2D eigenvalue weighted by Gasteiger charge is 2.35. The number of aliphatic carboxylic acids is 1. The number of hydrogen-bond donors (Lipinski definition) is 1. The Kier molecular flexibility index (Phi) is 5.64. The first-order chi connectivity index (χ1) is 8.39. The maximum absolute atomic E-state index is 11.3. The summed E-state index contributed by atoms with van der Waals surface area (Å²) >= 11 is 0. The summed E-state index contributed by atoms with van der Waals surface area (Å²) in [5, 5.41) is 9.32. The molecule has 0 bridgehead atoms. The summed E-state index contributed by atoms with van der Waals surface area (Å²) in [5.74, 6) is 0.303. The van der Waals surface area contributed by atoms with Gasteiger partial charge in [-0.05, 0) is 57.8 Å². The van der Waals surface area contributed by atoms with Crippen LogP contribution in [0.2, 0.25) is 0 Å². The van der Waals surface area contributed by atoms with Gasteiger partial charge >= 0.3 is 5.97 Å². The van der Waals surface area contributed by atoms with Gasteiger partial charge in [-0.15, -0.1) is 0 Å². The van der Waals surface area contributed by atoms with Crippen LogP contribution < -0.4 is 0 Å². The molecule has 1 saturated carbocycles. The Bertz CT molecular complexity index is 273. The van der Waals surface area contributed by atoms with Crippen LogP contribution in [0.4, 0.5) is 0 Å². The molecule has 0 spiro atoms. The van der Waals surface area contributed by atoms with Gasteiger partial charge in [0.25, 0.3) is 0 Å². The molecule has 3 nitrogen and oxygen atoms in total. The summed E-state index contributed by atoms with van der Waals surface area (Å²) in [6.07, 6.45) is 6.09. The minimum atomic E-state index is -0.607. The minimum Gasteiger partial charge on any atom is -0.481 e. The highest BCUT2D eigenvalue weighted by molar-refractivity contribution is 5.70. The molecule has 3 heteroatoms. The van der Waals surface area contributed by atoms with Gasteiger partial charge in [0.15, 0.2) is 0 Å². The normalized spacial score (nSPS) is 29.2. The zero-order valence-corrected chi connectivity index (χ0v) is 12.2. The van der Waals surface area contributed by atoms with E-state index in [1.807, 2.05) is 0 Å². The SMILES string of the molecule is CCC1CCC(C(=O)O)C(CCC(C)(C)OC)C1. The van der Waals surface area contributed by atoms with E-state index in [0.717, 1.165) is 38.0 Å². The van der Waals surface area contributed by atoms with Crippen molar-refractivity contribution in [1.82, 2.24) is 0 Å². The molecule has 3 atom stereocenters. The molecule has 3 unspecified atom stereocenters. The second-order valence-electron chi connectivity index (χ2n) is 6.29. The van der Waals surface area contributed by atoms with Gasteiger partial charge < -0.3 is 9.84 Å². The van der Waals surface area contributed by atoms with Crippen LogP contribution >= 0.6 is 0 Å². The van der Waals surface area contributed by atoms with Gasteiger partial charge in [0, 0.05) is 7.11 Å². The van der Waals surface area contributed by atoms with Crippen LogP contribution in [-0.2, 0) is 9.53 Å². The van der Waals surface area contributed by atoms with Crippen LogP contribution in [0.1, 0.15) is 59.3 Å². The van der Waals surface area contributed by atoms with E-state index in [0.29, 0.717) is 5.92 Å². The van der Waals surface area contributed by atoms with Crippen molar-refractivity contribution in [3.63, 3.8) is 0 Å². The van der Waals surface area contributed by atoms with Gasteiger partial charge in [-0.25, -0.2) is 0 Å². The molecule has 0 heterocycles. The summed E-state index contributed by atoms with van der Waals surface area (Å²) in [5.41, 5.74) is -0.137. The quantitative estimate of drug-likeness (QED) is 0.788. The monoisotopic (exact) mass is 256 g/mol. The van der Waals surface area contributed by atoms with Gasteiger partial charge in [-0.1, -0.05) is 13.3 Å². The molecule has 106 valence electrons. The van der Waals surface area contributed by atoms with Crippen LogP contribution in [0.3, 0.4) is 0 Å². The first-order valence-electron chi connectivity index (χ1n) is 7.17. The van der Waals surface area contributed by atoms with Crippen molar-refractivity contribution >= 4 is 5.97 Å². The maximum atomic E-state index is 11.3. The van der Waals surface area contributed by atoms with Crippen molar-refractivity contribution in [3.05, 3.63) is 0 Å². The largest absolute Gasteiger partial charge is 0.481 e. The van der Waals surface area contributed by atoms with E-state index in [2.05, 4.69) is 20.8 Å². The summed E-state index contributed by atoms with van der Waals surface area (Å²) < 4.78 is 5.43. The smallest absolute Gasteiger partial charge is 0.306 e. The third-order valence-corrected chi connectivity index (χ3v) is 4.66. The van der Waals surface area contributed by atoms with Crippen LogP contribution in [0.5, 0.6) is 0 Å². The van der Waals surface area contributed by atoms with Crippen molar-refractivity contribution < 1.29 is 14.6 Å². The highest BCUT2D eigenvalue weighted by atomic mass is 16.5. The number of carboxylic acids is 1. The number of rotatable bonds is 6. The van der Waals surface area contributed by atoms with Gasteiger partial charge in [-0.3, -0.25) is 4.79 Å². The third-order valence-electron chi connectivity index (χ3n) is 4.66. The molecule has 0 amide bonds. The first kappa shape index (κ1) is 15.5. The van der Waals surface area contributed by atoms with E-state index in [1.54, 1.807) is 7.11 Å². The van der Waals surface area contributed by atoms with Crippen molar-refractivity contribution in [2.45, 2.75) is 64.9 Å². The van der Waals surface area contributed by atoms with Gasteiger partial charge in [-0.2, -0.15) is 0 Å². The zero-order chi connectivity index (χ0) is 13.8. The molecule has 0 radical (unpaired) electrons. The minimum absolute atomic E-state index is 0.137. The average molecular weight is 256 g/mol. The van der Waals surface area contributed by atoms with E-state index in [1.165, 1.54) is 6.42 Å². The van der Waals surface area contributed by atoms with Crippen LogP contribution in [-0.4, -0.2) is 23.8 Å². The number of carbonyl (C=O) groups is 1. The lowest BCUT2D eigenvalue weighted by molar-refractivity contribution is -0.145. The van der Waals surface area contributed by atoms with E-state index in [4.69, 9.17) is 4.74 Å². The summed E-state index contributed by atoms with van der Waals surface area (Å²) in [6, 6.07) is 0. The Hall–Kier alpha value is -0.570. The van der Waals surface area contributed by atoms with Crippen LogP contribution in [0.15, 0.2) is 0 Å².